The van der Waals surface area contributed by atoms with Crippen molar-refractivity contribution in [2.24, 2.45) is 0 Å². The molecule has 12 nitrogen and oxygen atoms in total. The van der Waals surface area contributed by atoms with E-state index in [4.69, 9.17) is 28.1 Å². The van der Waals surface area contributed by atoms with Crippen LogP contribution in [-0.2, 0) is 4.74 Å². The summed E-state index contributed by atoms with van der Waals surface area (Å²) in [6.45, 7) is 16.7. The highest BCUT2D eigenvalue weighted by atomic mass is 28.3. The fourth-order valence-electron chi connectivity index (χ4n) is 6.18. The van der Waals surface area contributed by atoms with Gasteiger partial charge in [0.15, 0.2) is 22.9 Å². The standard InChI is InChI=1S/C32H47N5O7Si2/c1-21-20-23-28(46(7,8)19-18-45(23,5)6)27(39-2)26(21)44-24-11-10-22(43-24)29(38)34-25-30(40-3)35-32(36-31(25)41-4)33-12-9-13-37-14-16-42-17-15-37/h10-11,20H,9,12-19H2,1-8H3,(H,34,38)(H,33,35,36). The van der Waals surface area contributed by atoms with Crippen LogP contribution in [0.4, 0.5) is 11.6 Å². The van der Waals surface area contributed by atoms with Crippen molar-refractivity contribution in [2.45, 2.75) is 51.6 Å². The minimum absolute atomic E-state index is 0.0437. The predicted molar refractivity (Wildman–Crippen MR) is 184 cm³/mol. The van der Waals surface area contributed by atoms with Crippen LogP contribution in [0.1, 0.15) is 22.5 Å². The molecule has 5 rings (SSSR count). The Balaban J connectivity index is 1.30. The maximum atomic E-state index is 13.3. The Morgan fingerprint density at radius 2 is 1.63 bits per heavy atom. The van der Waals surface area contributed by atoms with E-state index in [0.29, 0.717) is 18.2 Å². The molecule has 2 aliphatic rings. The van der Waals surface area contributed by atoms with Crippen molar-refractivity contribution in [3.63, 3.8) is 0 Å². The van der Waals surface area contributed by atoms with Crippen LogP contribution in [-0.4, -0.2) is 97.6 Å². The van der Waals surface area contributed by atoms with Gasteiger partial charge in [-0.1, -0.05) is 49.5 Å². The van der Waals surface area contributed by atoms with Gasteiger partial charge >= 0.3 is 0 Å². The smallest absolute Gasteiger partial charge is 0.291 e. The van der Waals surface area contributed by atoms with E-state index in [0.717, 1.165) is 50.6 Å². The van der Waals surface area contributed by atoms with Crippen molar-refractivity contribution < 1.29 is 32.9 Å². The molecule has 0 saturated carbocycles. The van der Waals surface area contributed by atoms with Gasteiger partial charge < -0.3 is 38.7 Å². The van der Waals surface area contributed by atoms with Gasteiger partial charge in [0.25, 0.3) is 11.9 Å². The van der Waals surface area contributed by atoms with Gasteiger partial charge in [0.05, 0.1) is 50.7 Å². The molecule has 2 aromatic heterocycles. The van der Waals surface area contributed by atoms with Gasteiger partial charge in [-0.25, -0.2) is 0 Å². The maximum absolute atomic E-state index is 13.3. The predicted octanol–water partition coefficient (Wildman–Crippen LogP) is 4.43. The number of amides is 1. The molecule has 3 aromatic rings. The topological polar surface area (TPSA) is 129 Å². The summed E-state index contributed by atoms with van der Waals surface area (Å²) in [6.07, 6.45) is 0.908. The van der Waals surface area contributed by atoms with Crippen LogP contribution in [0.2, 0.25) is 38.3 Å². The Labute approximate surface area is 273 Å². The van der Waals surface area contributed by atoms with Gasteiger partial charge in [-0.3, -0.25) is 9.69 Å². The number of benzene rings is 1. The number of carbonyl (C=O) groups is 1. The van der Waals surface area contributed by atoms with Crippen molar-refractivity contribution in [3.8, 4) is 29.2 Å². The number of hydrogen-bond acceptors (Lipinski definition) is 11. The molecule has 0 spiro atoms. The second-order valence-electron chi connectivity index (χ2n) is 13.1. The molecule has 1 saturated heterocycles. The molecular weight excluding hydrogens is 623 g/mol. The molecule has 1 aromatic carbocycles. The second kappa shape index (κ2) is 14.0. The molecule has 0 unspecified atom stereocenters. The number of aryl methyl sites for hydroxylation is 1. The summed E-state index contributed by atoms with van der Waals surface area (Å²) in [5.74, 6) is 1.77. The van der Waals surface area contributed by atoms with E-state index >= 15 is 0 Å². The Morgan fingerprint density at radius 1 is 0.957 bits per heavy atom. The monoisotopic (exact) mass is 669 g/mol. The van der Waals surface area contributed by atoms with E-state index in [9.17, 15) is 4.79 Å². The highest BCUT2D eigenvalue weighted by Crippen LogP contribution is 2.39. The summed E-state index contributed by atoms with van der Waals surface area (Å²) in [6, 6.07) is 7.98. The van der Waals surface area contributed by atoms with Crippen LogP contribution in [0.25, 0.3) is 0 Å². The number of methoxy groups -OCH3 is 3. The first-order valence-electron chi connectivity index (χ1n) is 15.8. The van der Waals surface area contributed by atoms with Gasteiger partial charge in [0.2, 0.25) is 17.7 Å². The molecular formula is C32H47N5O7Si2. The fourth-order valence-corrected chi connectivity index (χ4v) is 16.8. The van der Waals surface area contributed by atoms with E-state index in [1.807, 2.05) is 6.92 Å². The molecule has 250 valence electrons. The number of nitrogens with one attached hydrogen (secondary N) is 2. The highest BCUT2D eigenvalue weighted by molar-refractivity contribution is 7.03. The maximum Gasteiger partial charge on any atom is 0.291 e. The number of aromatic nitrogens is 2. The van der Waals surface area contributed by atoms with Crippen LogP contribution in [0.15, 0.2) is 22.6 Å². The molecule has 0 radical (unpaired) electrons. The Kier molecular flexibility index (Phi) is 10.3. The summed E-state index contributed by atoms with van der Waals surface area (Å²) < 4.78 is 34.6. The second-order valence-corrected chi connectivity index (χ2v) is 22.7. The summed E-state index contributed by atoms with van der Waals surface area (Å²) >= 11 is 0. The number of rotatable bonds is 12. The number of fused-ring (bicyclic) bond motifs is 1. The summed E-state index contributed by atoms with van der Waals surface area (Å²) in [7, 11) is 1.31. The Bertz CT molecular complexity index is 1530. The van der Waals surface area contributed by atoms with Gasteiger partial charge in [0.1, 0.15) is 0 Å². The van der Waals surface area contributed by atoms with E-state index < -0.39 is 22.1 Å². The van der Waals surface area contributed by atoms with Gasteiger partial charge in [-0.05, 0) is 36.7 Å². The third kappa shape index (κ3) is 7.19. The molecule has 2 aliphatic heterocycles. The third-order valence-corrected chi connectivity index (χ3v) is 16.4. The zero-order valence-corrected chi connectivity index (χ0v) is 30.3. The van der Waals surface area contributed by atoms with Crippen molar-refractivity contribution in [3.05, 3.63) is 29.5 Å². The number of ether oxygens (including phenoxy) is 5. The third-order valence-electron chi connectivity index (χ3n) is 8.92. The van der Waals surface area contributed by atoms with Gasteiger partial charge in [-0.2, -0.15) is 9.97 Å². The zero-order valence-electron chi connectivity index (χ0n) is 28.3. The molecule has 14 heteroatoms. The Morgan fingerprint density at radius 3 is 2.28 bits per heavy atom. The number of furan rings is 1. The highest BCUT2D eigenvalue weighted by Gasteiger charge is 2.43. The first-order valence-corrected chi connectivity index (χ1v) is 22.2. The average molecular weight is 670 g/mol. The first-order chi connectivity index (χ1) is 22.0. The summed E-state index contributed by atoms with van der Waals surface area (Å²) in [5.41, 5.74) is 1.17. The number of nitrogens with zero attached hydrogens (tertiary/aromatic N) is 3. The van der Waals surface area contributed by atoms with Gasteiger partial charge in [-0.15, -0.1) is 0 Å². The first kappa shape index (κ1) is 33.8. The van der Waals surface area contributed by atoms with E-state index in [-0.39, 0.29) is 29.2 Å². The lowest BCUT2D eigenvalue weighted by Gasteiger charge is -2.41. The molecule has 1 fully saturated rings. The number of anilines is 2. The molecule has 0 bridgehead atoms. The number of morpholine rings is 1. The normalized spacial score (nSPS) is 17.1. The Hall–Kier alpha value is -3.60. The van der Waals surface area contributed by atoms with Crippen LogP contribution in [0, 0.1) is 6.92 Å². The molecule has 0 aliphatic carbocycles. The largest absolute Gasteiger partial charge is 0.493 e. The van der Waals surface area contributed by atoms with Crippen molar-refractivity contribution in [1.82, 2.24) is 14.9 Å². The lowest BCUT2D eigenvalue weighted by molar-refractivity contribution is 0.0378. The van der Waals surface area contributed by atoms with Crippen molar-refractivity contribution in [2.75, 3.05) is 71.4 Å². The molecule has 46 heavy (non-hydrogen) atoms. The average Bonchev–Trinajstić information content (AvgIpc) is 3.52. The zero-order chi connectivity index (χ0) is 33.1. The molecule has 1 amide bonds. The minimum atomic E-state index is -1.74. The van der Waals surface area contributed by atoms with E-state index in [1.54, 1.807) is 19.2 Å². The molecule has 2 N–H and O–H groups in total. The molecule has 4 heterocycles. The lowest BCUT2D eigenvalue weighted by Crippen LogP contribution is -2.63. The lowest BCUT2D eigenvalue weighted by atomic mass is 10.2. The SMILES string of the molecule is COc1nc(NCCCN2CCOCC2)nc(OC)c1NC(=O)c1ccc(Oc2c(C)cc3c(c2OC)[Si](C)(C)CC[Si]3(C)C)o1. The van der Waals surface area contributed by atoms with Crippen molar-refractivity contribution >= 4 is 44.1 Å². The summed E-state index contributed by atoms with van der Waals surface area (Å²) in [4.78, 5) is 24.6. The minimum Gasteiger partial charge on any atom is -0.493 e. The fraction of sp³-hybridized carbons (Fsp3) is 0.531. The molecule has 0 atom stereocenters. The van der Waals surface area contributed by atoms with Crippen LogP contribution in [0.3, 0.4) is 0 Å². The van der Waals surface area contributed by atoms with E-state index in [2.05, 4.69) is 57.8 Å². The van der Waals surface area contributed by atoms with Crippen LogP contribution >= 0.6 is 0 Å². The van der Waals surface area contributed by atoms with E-state index in [1.165, 1.54) is 36.7 Å². The van der Waals surface area contributed by atoms with Crippen molar-refractivity contribution in [1.29, 1.82) is 0 Å². The van der Waals surface area contributed by atoms with Gasteiger partial charge in [0, 0.05) is 25.7 Å². The number of hydrogen-bond donors (Lipinski definition) is 2. The quantitative estimate of drug-likeness (QED) is 0.210. The van der Waals surface area contributed by atoms with Crippen LogP contribution in [0.5, 0.6) is 29.2 Å². The number of carbonyl (C=O) groups excluding carboxylic acids is 1. The van der Waals surface area contributed by atoms with Crippen LogP contribution < -0.4 is 40.0 Å². The summed E-state index contributed by atoms with van der Waals surface area (Å²) in [5, 5.41) is 8.82.